The van der Waals surface area contributed by atoms with E-state index in [2.05, 4.69) is 135 Å². The molecule has 0 aliphatic carbocycles. The number of hydrogen-bond acceptors (Lipinski definition) is 10. The fraction of sp³-hybridized carbons (Fsp3) is 0.481. The van der Waals surface area contributed by atoms with Crippen molar-refractivity contribution in [1.29, 1.82) is 0 Å². The van der Waals surface area contributed by atoms with E-state index in [1.807, 2.05) is 62.3 Å². The van der Waals surface area contributed by atoms with E-state index in [-0.39, 0.29) is 37.5 Å². The number of rotatable bonds is 13. The molecule has 1 heterocycles. The molecule has 1 saturated heterocycles. The van der Waals surface area contributed by atoms with E-state index in [1.54, 1.807) is 0 Å². The summed E-state index contributed by atoms with van der Waals surface area (Å²) < 4.78 is 21.5. The summed E-state index contributed by atoms with van der Waals surface area (Å²) in [6.45, 7) is 22.7. The third kappa shape index (κ3) is 16.6. The SMILES string of the molecule is CC(C)(C)OC(=O)CN1CCN(CC(=O)OC(C)(C)C)CCN(Cc2ccc(C[As+](c3ccccc3)(c3ccccc3)c3ccccc3)cc2)CCN(CC(=O)OC(C)(C)C)CC1. The zero-order chi connectivity index (χ0) is 45.7. The molecule has 0 spiro atoms. The first-order valence-corrected chi connectivity index (χ1v) is 26.6. The molecule has 1 fully saturated rings. The Morgan fingerprint density at radius 2 is 0.683 bits per heavy atom. The van der Waals surface area contributed by atoms with Gasteiger partial charge in [-0.2, -0.15) is 0 Å². The summed E-state index contributed by atoms with van der Waals surface area (Å²) in [5, 5.41) is 0.949. The molecule has 1 aliphatic heterocycles. The maximum atomic E-state index is 13.2. The van der Waals surface area contributed by atoms with E-state index in [4.69, 9.17) is 14.2 Å². The summed E-state index contributed by atoms with van der Waals surface area (Å²) in [5.74, 6) is -0.861. The van der Waals surface area contributed by atoms with Crippen molar-refractivity contribution in [1.82, 2.24) is 19.6 Å². The number of hydrogen-bond donors (Lipinski definition) is 0. The number of nitrogens with zero attached hydrogens (tertiary/aromatic N) is 4. The Morgan fingerprint density at radius 1 is 0.413 bits per heavy atom. The van der Waals surface area contributed by atoms with Crippen molar-refractivity contribution in [2.45, 2.75) is 90.9 Å². The van der Waals surface area contributed by atoms with Crippen molar-refractivity contribution in [2.24, 2.45) is 0 Å². The summed E-state index contributed by atoms with van der Waals surface area (Å²) >= 11 is -2.97. The summed E-state index contributed by atoms with van der Waals surface area (Å²) in [6.07, 6.45) is 0. The van der Waals surface area contributed by atoms with Crippen LogP contribution in [0, 0.1) is 0 Å². The molecule has 5 rings (SSSR count). The van der Waals surface area contributed by atoms with E-state index < -0.39 is 30.4 Å². The van der Waals surface area contributed by atoms with E-state index in [9.17, 15) is 14.4 Å². The topological polar surface area (TPSA) is 91.9 Å². The van der Waals surface area contributed by atoms with Crippen molar-refractivity contribution in [3.8, 4) is 0 Å². The van der Waals surface area contributed by atoms with Crippen molar-refractivity contribution < 1.29 is 28.6 Å². The summed E-state index contributed by atoms with van der Waals surface area (Å²) in [7, 11) is 0. The Morgan fingerprint density at radius 3 is 0.968 bits per heavy atom. The number of ether oxygens (including phenoxy) is 3. The fourth-order valence-electron chi connectivity index (χ4n) is 7.93. The Kier molecular flexibility index (Phi) is 17.8. The van der Waals surface area contributed by atoms with Gasteiger partial charge in [0.2, 0.25) is 0 Å². The van der Waals surface area contributed by atoms with Gasteiger partial charge in [-0.15, -0.1) is 0 Å². The van der Waals surface area contributed by atoms with Gasteiger partial charge in [-0.25, -0.2) is 0 Å². The molecule has 11 heteroatoms. The van der Waals surface area contributed by atoms with Crippen molar-refractivity contribution in [3.63, 3.8) is 0 Å². The number of carbonyl (C=O) groups is 3. The molecule has 4 aromatic carbocycles. The van der Waals surface area contributed by atoms with Crippen LogP contribution < -0.4 is 13.1 Å². The number of carbonyl (C=O) groups excluding carboxylic acids is 3. The van der Waals surface area contributed by atoms with E-state index in [0.717, 1.165) is 5.21 Å². The minimum absolute atomic E-state index is 0.103. The zero-order valence-electron chi connectivity index (χ0n) is 39.3. The monoisotopic (exact) mass is 923 g/mol. The Balaban J connectivity index is 1.41. The first-order valence-electron chi connectivity index (χ1n) is 22.4. The molecule has 0 aromatic heterocycles. The van der Waals surface area contributed by atoms with Crippen LogP contribution in [-0.4, -0.2) is 140 Å². The molecule has 0 atom stereocenters. The summed E-state index contributed by atoms with van der Waals surface area (Å²) in [4.78, 5) is 48.3. The van der Waals surface area contributed by atoms with Crippen LogP contribution >= 0.6 is 0 Å². The molecule has 4 aromatic rings. The van der Waals surface area contributed by atoms with Crippen LogP contribution in [0.1, 0.15) is 73.4 Å². The molecule has 10 nitrogen and oxygen atoms in total. The Bertz CT molecular complexity index is 1890. The average Bonchev–Trinajstić information content (AvgIpc) is 3.20. The second-order valence-electron chi connectivity index (χ2n) is 19.7. The van der Waals surface area contributed by atoms with Gasteiger partial charge in [0, 0.05) is 0 Å². The van der Waals surface area contributed by atoms with E-state index in [0.29, 0.717) is 58.9 Å². The predicted octanol–water partition coefficient (Wildman–Crippen LogP) is 5.69. The van der Waals surface area contributed by atoms with Crippen LogP contribution in [0.15, 0.2) is 115 Å². The van der Waals surface area contributed by atoms with Crippen LogP contribution in [0.25, 0.3) is 0 Å². The summed E-state index contributed by atoms with van der Waals surface area (Å²) in [5.41, 5.74) is 0.682. The van der Waals surface area contributed by atoms with Gasteiger partial charge in [-0.1, -0.05) is 0 Å². The second-order valence-corrected chi connectivity index (χ2v) is 27.0. The third-order valence-electron chi connectivity index (χ3n) is 10.7. The van der Waals surface area contributed by atoms with Crippen molar-refractivity contribution >= 4 is 44.5 Å². The zero-order valence-corrected chi connectivity index (χ0v) is 41.2. The normalized spacial score (nSPS) is 16.1. The third-order valence-corrected chi connectivity index (χ3v) is 19.9. The number of esters is 3. The minimum atomic E-state index is -2.97. The van der Waals surface area contributed by atoms with Crippen LogP contribution in [-0.2, 0) is 40.3 Å². The van der Waals surface area contributed by atoms with Gasteiger partial charge in [0.15, 0.2) is 0 Å². The molecule has 0 saturated carbocycles. The molecule has 0 unspecified atom stereocenters. The molecule has 0 bridgehead atoms. The van der Waals surface area contributed by atoms with E-state index >= 15 is 0 Å². The predicted molar refractivity (Wildman–Crippen MR) is 256 cm³/mol. The van der Waals surface area contributed by atoms with Gasteiger partial charge in [0.25, 0.3) is 0 Å². The molecular weight excluding hydrogens is 852 g/mol. The maximum absolute atomic E-state index is 13.2. The van der Waals surface area contributed by atoms with Gasteiger partial charge in [-0.3, -0.25) is 19.3 Å². The molecule has 63 heavy (non-hydrogen) atoms. The average molecular weight is 924 g/mol. The molecule has 1 aliphatic rings. The molecular formula is C52H72AsN4O6+. The van der Waals surface area contributed by atoms with Gasteiger partial charge >= 0.3 is 263 Å². The van der Waals surface area contributed by atoms with Gasteiger partial charge in [0.05, 0.1) is 6.54 Å². The van der Waals surface area contributed by atoms with Crippen LogP contribution in [0.3, 0.4) is 0 Å². The van der Waals surface area contributed by atoms with Crippen molar-refractivity contribution in [2.75, 3.05) is 72.0 Å². The first-order chi connectivity index (χ1) is 29.8. The van der Waals surface area contributed by atoms with Crippen LogP contribution in [0.2, 0.25) is 0 Å². The van der Waals surface area contributed by atoms with Gasteiger partial charge in [-0.05, 0) is 62.3 Å². The molecule has 340 valence electrons. The quantitative estimate of drug-likeness (QED) is 0.0948. The fourth-order valence-corrected chi connectivity index (χ4v) is 16.8. The standard InChI is InChI=1S/C52H72AsN4O6/c1-50(2,3)61-47(58)39-55-31-29-54(30-32-56(40-48(59)62-51(4,5)6)34-36-57(35-33-55)41-49(60)63-52(7,8)9)38-43-27-25-42(26-28-43)37-53(44-19-13-10-14-20-44,45-21-15-11-16-22-45)46-23-17-12-18-24-46/h10-28H,29-41H2,1-9H3/q+1. The van der Waals surface area contributed by atoms with E-state index in [1.165, 1.54) is 24.2 Å². The molecule has 0 amide bonds. The van der Waals surface area contributed by atoms with Gasteiger partial charge < -0.3 is 14.2 Å². The summed E-state index contributed by atoms with van der Waals surface area (Å²) in [6, 6.07) is 42.3. The Hall–Kier alpha value is -4.31. The van der Waals surface area contributed by atoms with Gasteiger partial charge in [0.1, 0.15) is 16.8 Å². The Labute approximate surface area is 380 Å². The first kappa shape index (κ1) is 49.7. The molecule has 0 radical (unpaired) electrons. The number of benzene rings is 4. The van der Waals surface area contributed by atoms with Crippen LogP contribution in [0.4, 0.5) is 0 Å². The van der Waals surface area contributed by atoms with Crippen molar-refractivity contribution in [3.05, 3.63) is 126 Å². The second kappa shape index (κ2) is 22.5. The molecule has 0 N–H and O–H groups in total. The van der Waals surface area contributed by atoms with Crippen LogP contribution in [0.5, 0.6) is 0 Å².